The standard InChI is InChI=1S/C31H44ClN5O7Si/c1-9-40-27(38)31(28(39)41-10-2,16-20-14-12-11-13-15-20)42-17-21-19(3)23(44-45(7,8)30(4,5)6)26(43-21)37-18-34-22-24(33)35-29(32)36-25(22)37/h11-15,18-19,21,23,26H,9-10,16-17H2,1-8H3,(H2,33,35,36)/t19-,21+,23?,26+/m0/s1. The van der Waals surface area contributed by atoms with Crippen LogP contribution in [-0.2, 0) is 39.4 Å². The van der Waals surface area contributed by atoms with Crippen molar-refractivity contribution in [3.63, 3.8) is 0 Å². The molecule has 0 bridgehead atoms. The van der Waals surface area contributed by atoms with E-state index in [9.17, 15) is 9.59 Å². The molecule has 0 aliphatic carbocycles. The summed E-state index contributed by atoms with van der Waals surface area (Å²) in [5, 5.41) is -0.124. The van der Waals surface area contributed by atoms with Gasteiger partial charge in [0.2, 0.25) is 5.28 Å². The molecule has 1 unspecified atom stereocenters. The molecule has 1 aliphatic heterocycles. The van der Waals surface area contributed by atoms with Crippen molar-refractivity contribution in [3.8, 4) is 0 Å². The zero-order chi connectivity index (χ0) is 33.2. The molecule has 14 heteroatoms. The predicted octanol–water partition coefficient (Wildman–Crippen LogP) is 5.11. The van der Waals surface area contributed by atoms with Crippen molar-refractivity contribution in [2.75, 3.05) is 25.6 Å². The minimum atomic E-state index is -2.34. The first-order chi connectivity index (χ1) is 21.1. The summed E-state index contributed by atoms with van der Waals surface area (Å²) in [5.74, 6) is -1.77. The van der Waals surface area contributed by atoms with Crippen molar-refractivity contribution < 1.29 is 33.0 Å². The van der Waals surface area contributed by atoms with Gasteiger partial charge in [0.25, 0.3) is 5.60 Å². The van der Waals surface area contributed by atoms with Crippen LogP contribution in [-0.4, -0.2) is 77.4 Å². The molecule has 45 heavy (non-hydrogen) atoms. The maximum absolute atomic E-state index is 13.5. The van der Waals surface area contributed by atoms with Crippen LogP contribution in [0.2, 0.25) is 23.4 Å². The molecule has 1 aromatic carbocycles. The largest absolute Gasteiger partial charge is 0.463 e. The minimum Gasteiger partial charge on any atom is -0.463 e. The van der Waals surface area contributed by atoms with Gasteiger partial charge in [0.15, 0.2) is 26.0 Å². The number of esters is 2. The van der Waals surface area contributed by atoms with Crippen LogP contribution >= 0.6 is 11.6 Å². The Kier molecular flexibility index (Phi) is 10.6. The summed E-state index contributed by atoms with van der Waals surface area (Å²) < 4.78 is 32.5. The van der Waals surface area contributed by atoms with Crippen LogP contribution in [0.5, 0.6) is 0 Å². The molecule has 3 heterocycles. The van der Waals surface area contributed by atoms with E-state index in [0.717, 1.165) is 0 Å². The molecule has 0 spiro atoms. The van der Waals surface area contributed by atoms with E-state index >= 15 is 0 Å². The van der Waals surface area contributed by atoms with E-state index in [1.54, 1.807) is 24.7 Å². The number of nitrogens with two attached hydrogens (primary N) is 1. The Labute approximate surface area is 270 Å². The van der Waals surface area contributed by atoms with Crippen molar-refractivity contribution in [1.29, 1.82) is 0 Å². The van der Waals surface area contributed by atoms with Gasteiger partial charge in [0.05, 0.1) is 38.4 Å². The predicted molar refractivity (Wildman–Crippen MR) is 172 cm³/mol. The van der Waals surface area contributed by atoms with E-state index in [1.807, 2.05) is 37.3 Å². The molecule has 0 radical (unpaired) electrons. The maximum Gasteiger partial charge on any atom is 0.350 e. The Hall–Kier alpha value is -3.10. The van der Waals surface area contributed by atoms with E-state index in [-0.39, 0.29) is 48.3 Å². The van der Waals surface area contributed by atoms with Gasteiger partial charge in [0, 0.05) is 12.3 Å². The van der Waals surface area contributed by atoms with Crippen molar-refractivity contribution in [2.45, 2.75) is 90.1 Å². The highest BCUT2D eigenvalue weighted by Gasteiger charge is 2.54. The number of anilines is 1. The molecule has 2 N–H and O–H groups in total. The highest BCUT2D eigenvalue weighted by molar-refractivity contribution is 6.74. The van der Waals surface area contributed by atoms with Gasteiger partial charge in [-0.1, -0.05) is 58.0 Å². The van der Waals surface area contributed by atoms with Gasteiger partial charge in [-0.2, -0.15) is 9.97 Å². The van der Waals surface area contributed by atoms with Gasteiger partial charge >= 0.3 is 11.9 Å². The van der Waals surface area contributed by atoms with Crippen LogP contribution in [0.25, 0.3) is 11.2 Å². The number of hydrogen-bond donors (Lipinski definition) is 1. The molecule has 1 fully saturated rings. The number of benzene rings is 1. The minimum absolute atomic E-state index is 0.0240. The van der Waals surface area contributed by atoms with Gasteiger partial charge in [-0.3, -0.25) is 4.57 Å². The lowest BCUT2D eigenvalue weighted by molar-refractivity contribution is -0.196. The third-order valence-electron chi connectivity index (χ3n) is 8.63. The first-order valence-corrected chi connectivity index (χ1v) is 18.4. The maximum atomic E-state index is 13.5. The number of aromatic nitrogens is 4. The lowest BCUT2D eigenvalue weighted by atomic mass is 9.93. The number of halogens is 1. The number of carbonyl (C=O) groups is 2. The molecule has 1 saturated heterocycles. The van der Waals surface area contributed by atoms with Crippen LogP contribution in [0.3, 0.4) is 0 Å². The van der Waals surface area contributed by atoms with Gasteiger partial charge in [0.1, 0.15) is 5.52 Å². The molecule has 0 amide bonds. The Balaban J connectivity index is 1.73. The molecular weight excluding hydrogens is 618 g/mol. The zero-order valence-electron chi connectivity index (χ0n) is 27.2. The van der Waals surface area contributed by atoms with Gasteiger partial charge < -0.3 is 29.1 Å². The number of hydrogen-bond acceptors (Lipinski definition) is 11. The van der Waals surface area contributed by atoms with E-state index < -0.39 is 44.3 Å². The quantitative estimate of drug-likeness (QED) is 0.119. The number of fused-ring (bicyclic) bond motifs is 1. The number of nitrogen functional groups attached to an aromatic ring is 1. The smallest absolute Gasteiger partial charge is 0.350 e. The summed E-state index contributed by atoms with van der Waals surface area (Å²) in [4.78, 5) is 39.9. The fourth-order valence-electron chi connectivity index (χ4n) is 5.05. The van der Waals surface area contributed by atoms with Crippen molar-refractivity contribution in [1.82, 2.24) is 19.5 Å². The molecular formula is C31H44ClN5O7Si. The molecule has 1 aliphatic rings. The summed E-state index contributed by atoms with van der Waals surface area (Å²) in [6.07, 6.45) is -0.296. The first kappa shape index (κ1) is 34.8. The zero-order valence-corrected chi connectivity index (χ0v) is 29.0. The molecule has 0 saturated carbocycles. The number of rotatable bonds is 12. The van der Waals surface area contributed by atoms with Crippen LogP contribution < -0.4 is 5.73 Å². The summed E-state index contributed by atoms with van der Waals surface area (Å²) in [7, 11) is -2.34. The Morgan fingerprint density at radius 2 is 1.69 bits per heavy atom. The Bertz CT molecular complexity index is 1480. The van der Waals surface area contributed by atoms with Crippen molar-refractivity contribution in [3.05, 3.63) is 47.5 Å². The van der Waals surface area contributed by atoms with Gasteiger partial charge in [-0.25, -0.2) is 14.6 Å². The first-order valence-electron chi connectivity index (χ1n) is 15.2. The van der Waals surface area contributed by atoms with Gasteiger partial charge in [-0.05, 0) is 49.1 Å². The summed E-state index contributed by atoms with van der Waals surface area (Å²) >= 11 is 6.18. The lowest BCUT2D eigenvalue weighted by Gasteiger charge is -2.40. The van der Waals surface area contributed by atoms with Crippen LogP contribution in [0.1, 0.15) is 53.3 Å². The average Bonchev–Trinajstić information content (AvgIpc) is 3.51. The van der Waals surface area contributed by atoms with Crippen LogP contribution in [0.15, 0.2) is 36.7 Å². The summed E-state index contributed by atoms with van der Waals surface area (Å²) in [6, 6.07) is 9.12. The number of nitrogens with zero attached hydrogens (tertiary/aromatic N) is 4. The molecule has 246 valence electrons. The van der Waals surface area contributed by atoms with Crippen molar-refractivity contribution in [2.24, 2.45) is 5.92 Å². The number of ether oxygens (including phenoxy) is 4. The average molecular weight is 662 g/mol. The molecule has 4 atom stereocenters. The fourth-order valence-corrected chi connectivity index (χ4v) is 6.58. The highest BCUT2D eigenvalue weighted by Crippen LogP contribution is 2.44. The lowest BCUT2D eigenvalue weighted by Crippen LogP contribution is -2.54. The molecule has 3 aromatic rings. The second kappa shape index (κ2) is 13.7. The molecule has 12 nitrogen and oxygen atoms in total. The third kappa shape index (κ3) is 7.17. The monoisotopic (exact) mass is 661 g/mol. The third-order valence-corrected chi connectivity index (χ3v) is 13.3. The van der Waals surface area contributed by atoms with E-state index in [0.29, 0.717) is 16.7 Å². The normalized spacial score (nSPS) is 20.8. The SMILES string of the molecule is CCOC(=O)C(Cc1ccccc1)(OC[C@H]1O[C@@H](n2cnc3c(N)nc(Cl)nc32)C(O[Si](C)(C)C(C)(C)C)[C@H]1C)C(=O)OCC. The van der Waals surface area contributed by atoms with Crippen LogP contribution in [0.4, 0.5) is 5.82 Å². The van der Waals surface area contributed by atoms with E-state index in [4.69, 9.17) is 40.7 Å². The second-order valence-corrected chi connectivity index (χ2v) is 17.8. The van der Waals surface area contributed by atoms with E-state index in [2.05, 4.69) is 48.8 Å². The number of imidazole rings is 1. The number of carbonyl (C=O) groups excluding carboxylic acids is 2. The second-order valence-electron chi connectivity index (χ2n) is 12.7. The highest BCUT2D eigenvalue weighted by atomic mass is 35.5. The Morgan fingerprint density at radius 3 is 2.27 bits per heavy atom. The van der Waals surface area contributed by atoms with E-state index in [1.165, 1.54) is 0 Å². The molecule has 4 rings (SSSR count). The Morgan fingerprint density at radius 1 is 1.07 bits per heavy atom. The molecule has 2 aromatic heterocycles. The van der Waals surface area contributed by atoms with Crippen molar-refractivity contribution >= 4 is 48.8 Å². The van der Waals surface area contributed by atoms with Gasteiger partial charge in [-0.15, -0.1) is 0 Å². The summed E-state index contributed by atoms with van der Waals surface area (Å²) in [5.41, 5.74) is 5.52. The summed E-state index contributed by atoms with van der Waals surface area (Å²) in [6.45, 7) is 16.1. The topological polar surface area (TPSA) is 150 Å². The fraction of sp³-hybridized carbons (Fsp3) is 0.581. The van der Waals surface area contributed by atoms with Crippen LogP contribution in [0, 0.1) is 5.92 Å².